The number of carbonyl (C=O) groups is 1. The van der Waals surface area contributed by atoms with Crippen LogP contribution in [0, 0.1) is 6.92 Å². The molecule has 106 valence electrons. The van der Waals surface area contributed by atoms with E-state index in [-0.39, 0.29) is 15.0 Å². The fourth-order valence-corrected chi connectivity index (χ4v) is 3.79. The second-order valence-electron chi connectivity index (χ2n) is 3.75. The summed E-state index contributed by atoms with van der Waals surface area (Å²) in [7, 11) is -4.08. The number of pyridine rings is 1. The van der Waals surface area contributed by atoms with Gasteiger partial charge in [0.25, 0.3) is 10.0 Å². The minimum absolute atomic E-state index is 0.0273. The molecule has 0 atom stereocenters. The van der Waals surface area contributed by atoms with Gasteiger partial charge >= 0.3 is 5.97 Å². The van der Waals surface area contributed by atoms with E-state index in [1.807, 2.05) is 0 Å². The van der Waals surface area contributed by atoms with Gasteiger partial charge in [-0.25, -0.2) is 23.2 Å². The first-order valence-electron chi connectivity index (χ1n) is 5.13. The molecule has 0 aromatic carbocycles. The molecule has 0 saturated carbocycles. The molecular weight excluding hydrogens is 326 g/mol. The number of anilines is 1. The molecule has 2 aromatic rings. The van der Waals surface area contributed by atoms with Crippen molar-refractivity contribution >= 4 is 44.6 Å². The van der Waals surface area contributed by atoms with Crippen LogP contribution in [0.2, 0.25) is 5.15 Å². The third-order valence-corrected chi connectivity index (χ3v) is 5.24. The van der Waals surface area contributed by atoms with Crippen molar-refractivity contribution in [2.75, 3.05) is 4.72 Å². The van der Waals surface area contributed by atoms with E-state index in [9.17, 15) is 13.2 Å². The van der Waals surface area contributed by atoms with Gasteiger partial charge in [0.15, 0.2) is 15.1 Å². The van der Waals surface area contributed by atoms with Gasteiger partial charge in [-0.2, -0.15) is 0 Å². The van der Waals surface area contributed by atoms with Crippen molar-refractivity contribution in [3.05, 3.63) is 34.2 Å². The Kier molecular flexibility index (Phi) is 3.93. The summed E-state index contributed by atoms with van der Waals surface area (Å²) in [6.07, 6.45) is 1.48. The minimum Gasteiger partial charge on any atom is -0.476 e. The maximum atomic E-state index is 12.2. The lowest BCUT2D eigenvalue weighted by molar-refractivity contribution is 0.0687. The molecule has 0 aliphatic carbocycles. The Balaban J connectivity index is 2.44. The summed E-state index contributed by atoms with van der Waals surface area (Å²) in [6.45, 7) is 1.72. The molecule has 10 heteroatoms. The molecule has 2 N–H and O–H groups in total. The Bertz CT molecular complexity index is 773. The van der Waals surface area contributed by atoms with Gasteiger partial charge in [-0.05, 0) is 18.6 Å². The van der Waals surface area contributed by atoms with Crippen molar-refractivity contribution in [3.8, 4) is 0 Å². The average molecular weight is 334 g/mol. The van der Waals surface area contributed by atoms with E-state index in [0.717, 1.165) is 5.51 Å². The standard InChI is InChI=1S/C10H8ClN3O4S2/c1-5-2-6(8(11)12-3-5)14-20(17,18)10-7(9(15)16)13-4-19-10/h2-4,14H,1H3,(H,15,16). The van der Waals surface area contributed by atoms with Crippen LogP contribution in [0.3, 0.4) is 0 Å². The van der Waals surface area contributed by atoms with Crippen LogP contribution in [0.15, 0.2) is 22.0 Å². The van der Waals surface area contributed by atoms with Crippen molar-refractivity contribution in [2.24, 2.45) is 0 Å². The predicted octanol–water partition coefficient (Wildman–Crippen LogP) is 2.00. The first kappa shape index (κ1) is 14.7. The molecule has 0 aliphatic rings. The van der Waals surface area contributed by atoms with Gasteiger partial charge in [0, 0.05) is 6.20 Å². The molecule has 0 aliphatic heterocycles. The lowest BCUT2D eigenvalue weighted by Gasteiger charge is -2.08. The Morgan fingerprint density at radius 2 is 2.15 bits per heavy atom. The molecule has 2 aromatic heterocycles. The highest BCUT2D eigenvalue weighted by molar-refractivity contribution is 7.94. The zero-order valence-electron chi connectivity index (χ0n) is 9.99. The number of rotatable bonds is 4. The molecule has 2 heterocycles. The van der Waals surface area contributed by atoms with E-state index in [4.69, 9.17) is 16.7 Å². The van der Waals surface area contributed by atoms with E-state index in [1.165, 1.54) is 12.3 Å². The van der Waals surface area contributed by atoms with E-state index in [0.29, 0.717) is 16.9 Å². The zero-order valence-corrected chi connectivity index (χ0v) is 12.4. The van der Waals surface area contributed by atoms with E-state index in [1.54, 1.807) is 6.92 Å². The Labute approximate surface area is 123 Å². The normalized spacial score (nSPS) is 11.3. The second-order valence-corrected chi connectivity index (χ2v) is 6.84. The number of nitrogens with zero attached hydrogens (tertiary/aromatic N) is 2. The first-order valence-corrected chi connectivity index (χ1v) is 7.87. The van der Waals surface area contributed by atoms with Gasteiger partial charge in [-0.15, -0.1) is 11.3 Å². The highest BCUT2D eigenvalue weighted by atomic mass is 35.5. The lowest BCUT2D eigenvalue weighted by Crippen LogP contribution is -2.16. The van der Waals surface area contributed by atoms with Crippen LogP contribution in [-0.4, -0.2) is 29.5 Å². The topological polar surface area (TPSA) is 109 Å². The SMILES string of the molecule is Cc1cnc(Cl)c(NS(=O)(=O)c2scnc2C(=O)O)c1. The number of aromatic carboxylic acids is 1. The maximum Gasteiger partial charge on any atom is 0.356 e. The van der Waals surface area contributed by atoms with Crippen LogP contribution in [0.25, 0.3) is 0 Å². The second kappa shape index (κ2) is 5.35. The van der Waals surface area contributed by atoms with Gasteiger partial charge in [0.1, 0.15) is 0 Å². The first-order chi connectivity index (χ1) is 9.31. The van der Waals surface area contributed by atoms with E-state index in [2.05, 4.69) is 14.7 Å². The molecule has 0 radical (unpaired) electrons. The fraction of sp³-hybridized carbons (Fsp3) is 0.100. The third kappa shape index (κ3) is 2.89. The number of hydrogen-bond donors (Lipinski definition) is 2. The summed E-state index contributed by atoms with van der Waals surface area (Å²) in [5, 5.41) is 8.87. The predicted molar refractivity (Wildman–Crippen MR) is 73.9 cm³/mol. The number of nitrogens with one attached hydrogen (secondary N) is 1. The van der Waals surface area contributed by atoms with Crippen molar-refractivity contribution in [1.29, 1.82) is 0 Å². The summed E-state index contributed by atoms with van der Waals surface area (Å²) >= 11 is 6.51. The molecule has 2 rings (SSSR count). The number of sulfonamides is 1. The summed E-state index contributed by atoms with van der Waals surface area (Å²) < 4.78 is 26.1. The van der Waals surface area contributed by atoms with Gasteiger partial charge < -0.3 is 5.11 Å². The average Bonchev–Trinajstić information content (AvgIpc) is 2.83. The van der Waals surface area contributed by atoms with Crippen molar-refractivity contribution in [3.63, 3.8) is 0 Å². The van der Waals surface area contributed by atoms with Gasteiger partial charge in [-0.1, -0.05) is 11.6 Å². The number of thiazole rings is 1. The summed E-state index contributed by atoms with van der Waals surface area (Å²) in [5.74, 6) is -1.42. The highest BCUT2D eigenvalue weighted by Crippen LogP contribution is 2.26. The number of carboxylic acids is 1. The van der Waals surface area contributed by atoms with Crippen LogP contribution in [-0.2, 0) is 10.0 Å². The van der Waals surface area contributed by atoms with Crippen LogP contribution >= 0.6 is 22.9 Å². The zero-order chi connectivity index (χ0) is 14.9. The fourth-order valence-electron chi connectivity index (χ4n) is 1.38. The summed E-state index contributed by atoms with van der Waals surface area (Å²) in [5.41, 5.74) is 1.40. The van der Waals surface area contributed by atoms with Crippen LogP contribution < -0.4 is 4.72 Å². The van der Waals surface area contributed by atoms with Crippen molar-refractivity contribution in [1.82, 2.24) is 9.97 Å². The van der Waals surface area contributed by atoms with Crippen LogP contribution in [0.1, 0.15) is 16.1 Å². The largest absolute Gasteiger partial charge is 0.476 e. The molecule has 0 amide bonds. The molecular formula is C10H8ClN3O4S2. The number of aryl methyl sites for hydroxylation is 1. The Morgan fingerprint density at radius 3 is 2.80 bits per heavy atom. The molecule has 0 fully saturated rings. The molecule has 0 saturated heterocycles. The quantitative estimate of drug-likeness (QED) is 0.828. The van der Waals surface area contributed by atoms with Gasteiger partial charge in [-0.3, -0.25) is 4.72 Å². The minimum atomic E-state index is -4.08. The number of carboxylic acid groups (broad SMARTS) is 1. The summed E-state index contributed by atoms with van der Waals surface area (Å²) in [6, 6.07) is 1.49. The highest BCUT2D eigenvalue weighted by Gasteiger charge is 2.26. The van der Waals surface area contributed by atoms with E-state index >= 15 is 0 Å². The molecule has 0 spiro atoms. The van der Waals surface area contributed by atoms with Gasteiger partial charge in [0.05, 0.1) is 11.2 Å². The number of halogens is 1. The summed E-state index contributed by atoms with van der Waals surface area (Å²) in [4.78, 5) is 18.2. The smallest absolute Gasteiger partial charge is 0.356 e. The van der Waals surface area contributed by atoms with Gasteiger partial charge in [0.2, 0.25) is 0 Å². The lowest BCUT2D eigenvalue weighted by atomic mass is 10.3. The van der Waals surface area contributed by atoms with Crippen LogP contribution in [0.4, 0.5) is 5.69 Å². The molecule has 0 unspecified atom stereocenters. The third-order valence-electron chi connectivity index (χ3n) is 2.20. The van der Waals surface area contributed by atoms with Crippen LogP contribution in [0.5, 0.6) is 0 Å². The maximum absolute atomic E-state index is 12.2. The monoisotopic (exact) mass is 333 g/mol. The van der Waals surface area contributed by atoms with Crippen molar-refractivity contribution in [2.45, 2.75) is 11.1 Å². The Morgan fingerprint density at radius 1 is 1.45 bits per heavy atom. The molecule has 7 nitrogen and oxygen atoms in total. The molecule has 0 bridgehead atoms. The Hall–Kier alpha value is -1.71. The number of hydrogen-bond acceptors (Lipinski definition) is 6. The van der Waals surface area contributed by atoms with Crippen molar-refractivity contribution < 1.29 is 18.3 Å². The molecule has 20 heavy (non-hydrogen) atoms. The van der Waals surface area contributed by atoms with E-state index < -0.39 is 21.7 Å². The number of aromatic nitrogens is 2.